The van der Waals surface area contributed by atoms with E-state index < -0.39 is 0 Å². The van der Waals surface area contributed by atoms with Crippen molar-refractivity contribution in [2.75, 3.05) is 31.1 Å². The smallest absolute Gasteiger partial charge is 0.261 e. The van der Waals surface area contributed by atoms with Gasteiger partial charge in [0.25, 0.3) is 5.56 Å². The summed E-state index contributed by atoms with van der Waals surface area (Å²) in [7, 11) is 0. The van der Waals surface area contributed by atoms with Crippen molar-refractivity contribution in [3.63, 3.8) is 0 Å². The van der Waals surface area contributed by atoms with Crippen molar-refractivity contribution in [2.45, 2.75) is 83.7 Å². The molecule has 2 aliphatic rings. The van der Waals surface area contributed by atoms with Gasteiger partial charge in [0.1, 0.15) is 5.82 Å². The fourth-order valence-corrected chi connectivity index (χ4v) is 6.14. The summed E-state index contributed by atoms with van der Waals surface area (Å²) in [5.74, 6) is 1.77. The molecular weight excluding hydrogens is 498 g/mol. The van der Waals surface area contributed by atoms with E-state index in [9.17, 15) is 9.59 Å². The Hall–Kier alpha value is -2.64. The average molecular weight is 538 g/mol. The summed E-state index contributed by atoms with van der Waals surface area (Å²) < 4.78 is 3.81. The molecule has 4 heterocycles. The predicted molar refractivity (Wildman–Crippen MR) is 154 cm³/mol. The number of Topliss-reactive ketones (excluding diaryl/α,β-unsaturated/α-hetero) is 1. The molecule has 1 atom stereocenters. The molecule has 2 fully saturated rings. The number of imidazole rings is 1. The van der Waals surface area contributed by atoms with Crippen LogP contribution in [0.15, 0.2) is 41.3 Å². The highest BCUT2D eigenvalue weighted by atomic mass is 35.5. The van der Waals surface area contributed by atoms with Gasteiger partial charge in [0, 0.05) is 42.4 Å². The molecular formula is C30H40ClN5O2. The molecule has 0 unspecified atom stereocenters. The van der Waals surface area contributed by atoms with Gasteiger partial charge in [-0.3, -0.25) is 18.6 Å². The Bertz CT molecular complexity index is 1290. The summed E-state index contributed by atoms with van der Waals surface area (Å²) in [6.07, 6.45) is 12.2. The van der Waals surface area contributed by atoms with Crippen molar-refractivity contribution in [1.82, 2.24) is 18.9 Å². The fraction of sp³-hybridized carbons (Fsp3) is 0.567. The van der Waals surface area contributed by atoms with Crippen LogP contribution in [0, 0.1) is 0 Å². The summed E-state index contributed by atoms with van der Waals surface area (Å²) in [6, 6.07) is 9.08. The maximum Gasteiger partial charge on any atom is 0.261 e. The van der Waals surface area contributed by atoms with E-state index in [-0.39, 0.29) is 11.6 Å². The largest absolute Gasteiger partial charge is 0.348 e. The Morgan fingerprint density at radius 1 is 1.00 bits per heavy atom. The van der Waals surface area contributed by atoms with E-state index in [1.54, 1.807) is 10.5 Å². The second kappa shape index (κ2) is 12.5. The number of benzene rings is 1. The average Bonchev–Trinajstić information content (AvgIpc) is 3.59. The molecule has 1 aromatic carbocycles. The van der Waals surface area contributed by atoms with E-state index in [1.807, 2.05) is 30.5 Å². The van der Waals surface area contributed by atoms with Gasteiger partial charge in [-0.25, -0.2) is 4.98 Å². The van der Waals surface area contributed by atoms with Crippen LogP contribution in [0.3, 0.4) is 0 Å². The third-order valence-electron chi connectivity index (χ3n) is 8.09. The van der Waals surface area contributed by atoms with Crippen LogP contribution in [0.2, 0.25) is 5.02 Å². The van der Waals surface area contributed by atoms with E-state index in [4.69, 9.17) is 16.6 Å². The second-order valence-corrected chi connectivity index (χ2v) is 11.3. The normalized spacial score (nSPS) is 18.5. The number of halogens is 1. The summed E-state index contributed by atoms with van der Waals surface area (Å²) in [6.45, 7) is 7.07. The Morgan fingerprint density at radius 2 is 1.79 bits per heavy atom. The molecule has 38 heavy (non-hydrogen) atoms. The molecule has 2 aromatic heterocycles. The van der Waals surface area contributed by atoms with Crippen LogP contribution in [-0.2, 0) is 11.3 Å². The Balaban J connectivity index is 1.42. The first-order valence-corrected chi connectivity index (χ1v) is 14.8. The quantitative estimate of drug-likeness (QED) is 0.289. The molecule has 8 heteroatoms. The van der Waals surface area contributed by atoms with Gasteiger partial charge in [-0.2, -0.15) is 0 Å². The molecule has 0 bridgehead atoms. The zero-order valence-electron chi connectivity index (χ0n) is 22.6. The van der Waals surface area contributed by atoms with Crippen LogP contribution in [0.1, 0.15) is 71.1 Å². The lowest BCUT2D eigenvalue weighted by Gasteiger charge is -2.29. The number of hydrogen-bond donors (Lipinski definition) is 0. The van der Waals surface area contributed by atoms with Crippen molar-refractivity contribution in [3.05, 3.63) is 51.9 Å². The number of aromatic nitrogens is 3. The van der Waals surface area contributed by atoms with Crippen molar-refractivity contribution >= 4 is 29.0 Å². The molecule has 2 saturated heterocycles. The van der Waals surface area contributed by atoms with Crippen molar-refractivity contribution in [3.8, 4) is 11.3 Å². The number of nitrogens with zero attached hydrogens (tertiary/aromatic N) is 5. The number of carbonyl (C=O) groups is 1. The molecule has 0 N–H and O–H groups in total. The number of hydrogen-bond acceptors (Lipinski definition) is 5. The van der Waals surface area contributed by atoms with Gasteiger partial charge in [0.2, 0.25) is 5.78 Å². The third-order valence-corrected chi connectivity index (χ3v) is 8.34. The number of aryl methyl sites for hydroxylation is 1. The van der Waals surface area contributed by atoms with E-state index in [0.29, 0.717) is 23.0 Å². The summed E-state index contributed by atoms with van der Waals surface area (Å²) in [5.41, 5.74) is 1.55. The minimum Gasteiger partial charge on any atom is -0.348 e. The molecule has 0 saturated carbocycles. The molecule has 5 rings (SSSR count). The maximum atomic E-state index is 13.4. The van der Waals surface area contributed by atoms with Crippen LogP contribution in [0.5, 0.6) is 0 Å². The van der Waals surface area contributed by atoms with E-state index in [2.05, 4.69) is 21.3 Å². The first kappa shape index (κ1) is 26.9. The number of unbranched alkanes of at least 4 members (excludes halogenated alkanes) is 2. The monoisotopic (exact) mass is 537 g/mol. The van der Waals surface area contributed by atoms with Crippen LogP contribution >= 0.6 is 11.6 Å². The second-order valence-electron chi connectivity index (χ2n) is 10.8. The summed E-state index contributed by atoms with van der Waals surface area (Å²) >= 11 is 6.09. The lowest BCUT2D eigenvalue weighted by molar-refractivity contribution is -0.120. The van der Waals surface area contributed by atoms with Gasteiger partial charge in [-0.05, 0) is 70.3 Å². The topological polar surface area (TPSA) is 62.9 Å². The lowest BCUT2D eigenvalue weighted by atomic mass is 10.0. The molecule has 3 aromatic rings. The molecule has 0 amide bonds. The maximum absolute atomic E-state index is 13.4. The third kappa shape index (κ3) is 5.99. The molecule has 204 valence electrons. The molecule has 0 aliphatic carbocycles. The highest BCUT2D eigenvalue weighted by Crippen LogP contribution is 2.29. The van der Waals surface area contributed by atoms with Crippen molar-refractivity contribution in [2.24, 2.45) is 0 Å². The minimum atomic E-state index is -0.165. The summed E-state index contributed by atoms with van der Waals surface area (Å²) in [5, 5.41) is 0.666. The number of likely N-dealkylation sites (tertiary alicyclic amines) is 1. The first-order valence-electron chi connectivity index (χ1n) is 14.5. The van der Waals surface area contributed by atoms with Gasteiger partial charge in [-0.1, -0.05) is 49.9 Å². The molecule has 7 nitrogen and oxygen atoms in total. The zero-order valence-corrected chi connectivity index (χ0v) is 23.3. The van der Waals surface area contributed by atoms with Crippen LogP contribution in [0.25, 0.3) is 17.0 Å². The van der Waals surface area contributed by atoms with Gasteiger partial charge >= 0.3 is 0 Å². The molecule has 2 aliphatic heterocycles. The highest BCUT2D eigenvalue weighted by molar-refractivity contribution is 6.30. The Morgan fingerprint density at radius 3 is 2.55 bits per heavy atom. The van der Waals surface area contributed by atoms with E-state index in [1.165, 1.54) is 19.3 Å². The van der Waals surface area contributed by atoms with Gasteiger partial charge < -0.3 is 9.80 Å². The van der Waals surface area contributed by atoms with Crippen molar-refractivity contribution < 1.29 is 4.79 Å². The van der Waals surface area contributed by atoms with Crippen LogP contribution < -0.4 is 10.5 Å². The SMILES string of the molecule is CCCCCn1c(N2CCC[C@H]2C(=O)CCCN2CCCCC2)cc(=O)n2cc(-c3ccc(Cl)cc3)nc12. The Labute approximate surface area is 230 Å². The zero-order chi connectivity index (χ0) is 26.5. The first-order chi connectivity index (χ1) is 18.5. The van der Waals surface area contributed by atoms with Crippen LogP contribution in [-0.4, -0.2) is 56.9 Å². The van der Waals surface area contributed by atoms with Crippen LogP contribution in [0.4, 0.5) is 5.82 Å². The lowest BCUT2D eigenvalue weighted by Crippen LogP contribution is -2.39. The van der Waals surface area contributed by atoms with E-state index in [0.717, 1.165) is 88.3 Å². The number of rotatable bonds is 11. The number of anilines is 1. The molecule has 0 radical (unpaired) electrons. The van der Waals surface area contributed by atoms with Gasteiger partial charge in [0.05, 0.1) is 11.7 Å². The van der Waals surface area contributed by atoms with Crippen molar-refractivity contribution in [1.29, 1.82) is 0 Å². The standard InChI is InChI=1S/C30H40ClN5O2/c1-2-3-5-19-35-28(21-29(38)36-22-25(32-30(35)36)23-12-14-24(31)15-13-23)34-20-8-10-26(34)27(37)11-9-18-33-16-6-4-7-17-33/h12-15,21-22,26H,2-11,16-20H2,1H3/t26-/m0/s1. The fourth-order valence-electron chi connectivity index (χ4n) is 6.02. The molecule has 0 spiro atoms. The Kier molecular flexibility index (Phi) is 8.85. The van der Waals surface area contributed by atoms with Gasteiger partial charge in [0.15, 0.2) is 5.78 Å². The number of carbonyl (C=O) groups excluding carboxylic acids is 1. The number of ketones is 1. The van der Waals surface area contributed by atoms with E-state index >= 15 is 0 Å². The van der Waals surface area contributed by atoms with Gasteiger partial charge in [-0.15, -0.1) is 0 Å². The number of fused-ring (bicyclic) bond motifs is 1. The number of piperidine rings is 1. The highest BCUT2D eigenvalue weighted by Gasteiger charge is 2.32. The minimum absolute atomic E-state index is 0.113. The predicted octanol–water partition coefficient (Wildman–Crippen LogP) is 5.81. The summed E-state index contributed by atoms with van der Waals surface area (Å²) in [4.78, 5) is 36.4.